The fourth-order valence-corrected chi connectivity index (χ4v) is 4.97. The molecule has 0 unspecified atom stereocenters. The van der Waals surface area contributed by atoms with Crippen LogP contribution >= 0.6 is 0 Å². The van der Waals surface area contributed by atoms with Crippen LogP contribution in [0.25, 0.3) is 0 Å². The van der Waals surface area contributed by atoms with Gasteiger partial charge < -0.3 is 14.7 Å². The zero-order valence-corrected chi connectivity index (χ0v) is 17.8. The van der Waals surface area contributed by atoms with E-state index in [9.17, 15) is 9.59 Å². The van der Waals surface area contributed by atoms with E-state index in [-0.39, 0.29) is 11.8 Å². The first kappa shape index (κ1) is 20.3. The Morgan fingerprint density at radius 1 is 0.931 bits per heavy atom. The van der Waals surface area contributed by atoms with Crippen molar-refractivity contribution in [3.63, 3.8) is 0 Å². The summed E-state index contributed by atoms with van der Waals surface area (Å²) < 4.78 is 1.67. The van der Waals surface area contributed by atoms with Gasteiger partial charge in [0.15, 0.2) is 0 Å². The molecule has 2 amide bonds. The molecular formula is C21H34N6O2. The van der Waals surface area contributed by atoms with Gasteiger partial charge in [-0.1, -0.05) is 0 Å². The van der Waals surface area contributed by atoms with Crippen molar-refractivity contribution in [1.29, 1.82) is 0 Å². The minimum absolute atomic E-state index is 0.0818. The number of hydrogen-bond acceptors (Lipinski definition) is 5. The lowest BCUT2D eigenvalue weighted by Gasteiger charge is -2.43. The maximum Gasteiger partial charge on any atom is 0.257 e. The lowest BCUT2D eigenvalue weighted by molar-refractivity contribution is -0.139. The van der Waals surface area contributed by atoms with E-state index in [1.165, 1.54) is 0 Å². The van der Waals surface area contributed by atoms with Gasteiger partial charge in [0.1, 0.15) is 0 Å². The van der Waals surface area contributed by atoms with E-state index in [4.69, 9.17) is 0 Å². The molecule has 1 atom stereocenters. The van der Waals surface area contributed by atoms with Crippen LogP contribution < -0.4 is 0 Å². The first-order valence-electron chi connectivity index (χ1n) is 11.0. The first-order chi connectivity index (χ1) is 14.0. The van der Waals surface area contributed by atoms with Crippen molar-refractivity contribution in [1.82, 2.24) is 29.4 Å². The SMILES string of the molecule is CN1CCN(C(=O)[C@H]2CCCN(C3CCN(C(=O)c4cnn(C)c4)CC3)C2)CC1. The molecule has 8 heteroatoms. The van der Waals surface area contributed by atoms with Gasteiger partial charge in [-0.15, -0.1) is 0 Å². The molecule has 0 aliphatic carbocycles. The predicted octanol–water partition coefficient (Wildman–Crippen LogP) is 0.511. The summed E-state index contributed by atoms with van der Waals surface area (Å²) in [5.74, 6) is 0.576. The van der Waals surface area contributed by atoms with Gasteiger partial charge in [0, 0.05) is 65.1 Å². The maximum absolute atomic E-state index is 13.0. The number of piperidine rings is 2. The Morgan fingerprint density at radius 3 is 2.31 bits per heavy atom. The number of carbonyl (C=O) groups is 2. The van der Waals surface area contributed by atoms with Crippen LogP contribution in [0.5, 0.6) is 0 Å². The molecule has 0 radical (unpaired) electrons. The van der Waals surface area contributed by atoms with E-state index in [0.29, 0.717) is 17.5 Å². The van der Waals surface area contributed by atoms with E-state index < -0.39 is 0 Å². The van der Waals surface area contributed by atoms with Gasteiger partial charge in [0.05, 0.1) is 17.7 Å². The number of likely N-dealkylation sites (tertiary alicyclic amines) is 2. The zero-order chi connectivity index (χ0) is 20.4. The number of likely N-dealkylation sites (N-methyl/N-ethyl adjacent to an activating group) is 1. The summed E-state index contributed by atoms with van der Waals surface area (Å²) in [4.78, 5) is 34.5. The zero-order valence-electron chi connectivity index (χ0n) is 17.8. The Kier molecular flexibility index (Phi) is 6.20. The monoisotopic (exact) mass is 402 g/mol. The van der Waals surface area contributed by atoms with Crippen LogP contribution in [0.4, 0.5) is 0 Å². The summed E-state index contributed by atoms with van der Waals surface area (Å²) >= 11 is 0. The van der Waals surface area contributed by atoms with Crippen molar-refractivity contribution in [3.05, 3.63) is 18.0 Å². The predicted molar refractivity (Wildman–Crippen MR) is 111 cm³/mol. The number of carbonyl (C=O) groups excluding carboxylic acids is 2. The molecule has 8 nitrogen and oxygen atoms in total. The minimum atomic E-state index is 0.0818. The Hall–Kier alpha value is -1.93. The standard InChI is InChI=1S/C21H34N6O2/c1-23-10-12-26(13-11-23)20(28)17-4-3-7-27(16-17)19-5-8-25(9-6-19)21(29)18-14-22-24(2)15-18/h14-15,17,19H,3-13,16H2,1-2H3/t17-/m0/s1. The van der Waals surface area contributed by atoms with E-state index in [2.05, 4.69) is 26.8 Å². The third kappa shape index (κ3) is 4.64. The third-order valence-electron chi connectivity index (χ3n) is 6.84. The number of amides is 2. The summed E-state index contributed by atoms with van der Waals surface area (Å²) in [6.07, 6.45) is 7.52. The van der Waals surface area contributed by atoms with Crippen LogP contribution in [-0.4, -0.2) is 107 Å². The van der Waals surface area contributed by atoms with Gasteiger partial charge in [-0.2, -0.15) is 5.10 Å². The average molecular weight is 403 g/mol. The van der Waals surface area contributed by atoms with Gasteiger partial charge in [0.25, 0.3) is 5.91 Å². The van der Waals surface area contributed by atoms with Crippen molar-refractivity contribution in [3.8, 4) is 0 Å². The topological polar surface area (TPSA) is 64.9 Å². The normalized spacial score (nSPS) is 25.4. The van der Waals surface area contributed by atoms with Crippen LogP contribution in [0.2, 0.25) is 0 Å². The molecule has 3 fully saturated rings. The summed E-state index contributed by atoms with van der Waals surface area (Å²) in [5.41, 5.74) is 0.668. The second kappa shape index (κ2) is 8.83. The van der Waals surface area contributed by atoms with Crippen molar-refractivity contribution in [2.45, 2.75) is 31.7 Å². The molecule has 4 rings (SSSR count). The van der Waals surface area contributed by atoms with Gasteiger partial charge in [-0.3, -0.25) is 19.2 Å². The van der Waals surface area contributed by atoms with E-state index in [1.807, 2.05) is 11.9 Å². The first-order valence-corrected chi connectivity index (χ1v) is 11.0. The van der Waals surface area contributed by atoms with E-state index in [0.717, 1.165) is 78.0 Å². The van der Waals surface area contributed by atoms with Crippen LogP contribution in [0.15, 0.2) is 12.4 Å². The van der Waals surface area contributed by atoms with Crippen molar-refractivity contribution in [2.75, 3.05) is 59.4 Å². The number of hydrogen-bond donors (Lipinski definition) is 0. The molecular weight excluding hydrogens is 368 g/mol. The molecule has 29 heavy (non-hydrogen) atoms. The van der Waals surface area contributed by atoms with E-state index >= 15 is 0 Å². The molecule has 3 saturated heterocycles. The Labute approximate surface area is 173 Å². The number of rotatable bonds is 3. The highest BCUT2D eigenvalue weighted by Crippen LogP contribution is 2.26. The van der Waals surface area contributed by atoms with Gasteiger partial charge >= 0.3 is 0 Å². The number of nitrogens with zero attached hydrogens (tertiary/aromatic N) is 6. The van der Waals surface area contributed by atoms with E-state index in [1.54, 1.807) is 17.1 Å². The molecule has 0 bridgehead atoms. The molecule has 0 saturated carbocycles. The molecule has 1 aromatic rings. The van der Waals surface area contributed by atoms with Crippen LogP contribution in [0.1, 0.15) is 36.0 Å². The molecule has 3 aliphatic heterocycles. The summed E-state index contributed by atoms with van der Waals surface area (Å²) in [5, 5.41) is 4.11. The maximum atomic E-state index is 13.0. The van der Waals surface area contributed by atoms with Crippen LogP contribution in [-0.2, 0) is 11.8 Å². The second-order valence-corrected chi connectivity index (χ2v) is 8.89. The van der Waals surface area contributed by atoms with Gasteiger partial charge in [-0.25, -0.2) is 0 Å². The Morgan fingerprint density at radius 2 is 1.66 bits per heavy atom. The summed E-state index contributed by atoms with van der Waals surface area (Å²) in [6, 6.07) is 0.482. The average Bonchev–Trinajstić information content (AvgIpc) is 3.20. The molecule has 4 heterocycles. The Bertz CT molecular complexity index is 719. The van der Waals surface area contributed by atoms with Gasteiger partial charge in [-0.05, 0) is 39.3 Å². The van der Waals surface area contributed by atoms with Gasteiger partial charge in [0.2, 0.25) is 5.91 Å². The van der Waals surface area contributed by atoms with Crippen molar-refractivity contribution < 1.29 is 9.59 Å². The minimum Gasteiger partial charge on any atom is -0.340 e. The lowest BCUT2D eigenvalue weighted by atomic mass is 9.92. The molecule has 0 spiro atoms. The quantitative estimate of drug-likeness (QED) is 0.737. The highest BCUT2D eigenvalue weighted by atomic mass is 16.2. The van der Waals surface area contributed by atoms with Crippen LogP contribution in [0, 0.1) is 5.92 Å². The fourth-order valence-electron chi connectivity index (χ4n) is 4.97. The second-order valence-electron chi connectivity index (χ2n) is 8.89. The smallest absolute Gasteiger partial charge is 0.257 e. The molecule has 160 valence electrons. The van der Waals surface area contributed by atoms with Crippen molar-refractivity contribution in [2.24, 2.45) is 13.0 Å². The summed E-state index contributed by atoms with van der Waals surface area (Å²) in [7, 11) is 3.95. The number of piperazine rings is 1. The third-order valence-corrected chi connectivity index (χ3v) is 6.84. The molecule has 1 aromatic heterocycles. The number of aryl methyl sites for hydroxylation is 1. The van der Waals surface area contributed by atoms with Crippen LogP contribution in [0.3, 0.4) is 0 Å². The fraction of sp³-hybridized carbons (Fsp3) is 0.762. The molecule has 3 aliphatic rings. The summed E-state index contributed by atoms with van der Waals surface area (Å²) in [6.45, 7) is 7.20. The lowest BCUT2D eigenvalue weighted by Crippen LogP contribution is -2.54. The largest absolute Gasteiger partial charge is 0.340 e. The molecule has 0 aromatic carbocycles. The Balaban J connectivity index is 1.28. The highest BCUT2D eigenvalue weighted by Gasteiger charge is 2.34. The van der Waals surface area contributed by atoms with Crippen molar-refractivity contribution >= 4 is 11.8 Å². The number of aromatic nitrogens is 2. The highest BCUT2D eigenvalue weighted by molar-refractivity contribution is 5.93. The molecule has 0 N–H and O–H groups in total.